The molecule has 2 saturated heterocycles. The number of carboxylic acids is 1. The third-order valence-electron chi connectivity index (χ3n) is 16.0. The minimum atomic E-state index is -1.15. The first-order chi connectivity index (χ1) is 36.9. The highest BCUT2D eigenvalue weighted by atomic mass is 16.5. The molecule has 0 saturated carbocycles. The summed E-state index contributed by atoms with van der Waals surface area (Å²) in [4.78, 5) is 115. The van der Waals surface area contributed by atoms with E-state index in [0.717, 1.165) is 23.2 Å². The average molecular weight is 1090 g/mol. The summed E-state index contributed by atoms with van der Waals surface area (Å²) in [6, 6.07) is 13.3. The maximum Gasteiger partial charge on any atom is 0.326 e. The maximum absolute atomic E-state index is 14.8. The highest BCUT2D eigenvalue weighted by Crippen LogP contribution is 2.30. The lowest BCUT2D eigenvalue weighted by Crippen LogP contribution is -2.59. The number of anilines is 1. The van der Waals surface area contributed by atoms with Gasteiger partial charge in [0.15, 0.2) is 0 Å². The molecule has 434 valence electrons. The van der Waals surface area contributed by atoms with Crippen LogP contribution in [0, 0.1) is 29.6 Å². The van der Waals surface area contributed by atoms with Crippen molar-refractivity contribution in [3.8, 4) is 0 Å². The van der Waals surface area contributed by atoms with E-state index in [-0.39, 0.29) is 78.4 Å². The van der Waals surface area contributed by atoms with Crippen molar-refractivity contribution >= 4 is 53.0 Å². The van der Waals surface area contributed by atoms with Crippen LogP contribution < -0.4 is 15.5 Å². The van der Waals surface area contributed by atoms with Crippen LogP contribution in [0.4, 0.5) is 5.69 Å². The van der Waals surface area contributed by atoms with Gasteiger partial charge in [0.25, 0.3) is 0 Å². The number of carboxylic acid groups (broad SMARTS) is 1. The number of benzene rings is 2. The van der Waals surface area contributed by atoms with E-state index < -0.39 is 60.2 Å². The van der Waals surface area contributed by atoms with E-state index in [1.165, 1.54) is 19.1 Å². The van der Waals surface area contributed by atoms with Gasteiger partial charge in [-0.15, -0.1) is 0 Å². The highest BCUT2D eigenvalue weighted by molar-refractivity contribution is 6.03. The molecule has 0 radical (unpaired) electrons. The molecule has 0 aromatic heterocycles. The molecule has 2 heterocycles. The minimum Gasteiger partial charge on any atom is -0.480 e. The number of hydrogen-bond acceptors (Lipinski definition) is 11. The minimum absolute atomic E-state index is 0.0196. The van der Waals surface area contributed by atoms with Crippen molar-refractivity contribution in [1.82, 2.24) is 30.2 Å². The monoisotopic (exact) mass is 1090 g/mol. The van der Waals surface area contributed by atoms with E-state index in [1.54, 1.807) is 42.6 Å². The molecule has 0 aliphatic carbocycles. The lowest BCUT2D eigenvalue weighted by atomic mass is 9.89. The zero-order valence-corrected chi connectivity index (χ0v) is 49.0. The molecule has 78 heavy (non-hydrogen) atoms. The molecule has 7 amide bonds. The largest absolute Gasteiger partial charge is 0.480 e. The number of imide groups is 1. The zero-order chi connectivity index (χ0) is 58.0. The Morgan fingerprint density at radius 3 is 2.04 bits per heavy atom. The van der Waals surface area contributed by atoms with Crippen LogP contribution in [-0.2, 0) is 60.7 Å². The van der Waals surface area contributed by atoms with Crippen molar-refractivity contribution in [3.63, 3.8) is 0 Å². The number of aliphatic carboxylic acids is 1. The van der Waals surface area contributed by atoms with Gasteiger partial charge in [-0.3, -0.25) is 43.4 Å². The van der Waals surface area contributed by atoms with E-state index in [9.17, 15) is 43.5 Å². The Morgan fingerprint density at radius 1 is 0.821 bits per heavy atom. The Morgan fingerprint density at radius 2 is 1.47 bits per heavy atom. The molecule has 18 heteroatoms. The quantitative estimate of drug-likeness (QED) is 0.0539. The van der Waals surface area contributed by atoms with Crippen molar-refractivity contribution in [2.24, 2.45) is 29.6 Å². The van der Waals surface area contributed by atoms with Gasteiger partial charge in [0.1, 0.15) is 12.1 Å². The second-order valence-corrected chi connectivity index (χ2v) is 22.7. The number of carbonyl (C=O) groups is 8. The van der Waals surface area contributed by atoms with Crippen molar-refractivity contribution in [3.05, 3.63) is 65.7 Å². The lowest BCUT2D eigenvalue weighted by Gasteiger charge is -2.41. The van der Waals surface area contributed by atoms with Gasteiger partial charge in [0.2, 0.25) is 41.4 Å². The van der Waals surface area contributed by atoms with Crippen molar-refractivity contribution in [1.29, 1.82) is 0 Å². The average Bonchev–Trinajstić information content (AvgIpc) is 3.99. The fraction of sp³-hybridized carbons (Fsp3) is 0.667. The van der Waals surface area contributed by atoms with Crippen LogP contribution in [0.3, 0.4) is 0 Å². The number of likely N-dealkylation sites (tertiary alicyclic amines) is 2. The Kier molecular flexibility index (Phi) is 25.9. The first-order valence-electron chi connectivity index (χ1n) is 28.3. The second-order valence-electron chi connectivity index (χ2n) is 22.7. The van der Waals surface area contributed by atoms with E-state index in [2.05, 4.69) is 10.6 Å². The number of nitrogens with one attached hydrogen (secondary N) is 2. The molecule has 2 aromatic rings. The van der Waals surface area contributed by atoms with Crippen LogP contribution in [0.25, 0.3) is 0 Å². The number of rotatable bonds is 32. The lowest BCUT2D eigenvalue weighted by molar-refractivity contribution is -0.148. The topological polar surface area (TPSA) is 216 Å². The molecule has 0 bridgehead atoms. The van der Waals surface area contributed by atoms with Crippen LogP contribution >= 0.6 is 0 Å². The first-order valence-corrected chi connectivity index (χ1v) is 28.3. The Hall–Kier alpha value is -5.72. The van der Waals surface area contributed by atoms with Crippen molar-refractivity contribution < 1.29 is 52.9 Å². The normalized spacial score (nSPS) is 18.8. The molecule has 3 N–H and O–H groups in total. The fourth-order valence-electron chi connectivity index (χ4n) is 11.3. The molecular formula is C60H93N7O11. The van der Waals surface area contributed by atoms with Gasteiger partial charge in [0.05, 0.1) is 42.7 Å². The number of likely N-dealkylation sites (N-methyl/N-ethyl adjacent to an activating group) is 2. The number of hydrogen-bond donors (Lipinski definition) is 3. The summed E-state index contributed by atoms with van der Waals surface area (Å²) in [5, 5.41) is 15.8. The second kappa shape index (κ2) is 31.2. The molecule has 10 atom stereocenters. The molecule has 4 rings (SSSR count). The molecule has 18 nitrogen and oxygen atoms in total. The summed E-state index contributed by atoms with van der Waals surface area (Å²) in [6.07, 6.45) is 4.25. The van der Waals surface area contributed by atoms with Crippen LogP contribution in [0.5, 0.6) is 0 Å². The van der Waals surface area contributed by atoms with Gasteiger partial charge < -0.3 is 39.9 Å². The summed E-state index contributed by atoms with van der Waals surface area (Å²) in [5.74, 6) is -3.83. The van der Waals surface area contributed by atoms with Crippen LogP contribution in [-0.4, -0.2) is 169 Å². The van der Waals surface area contributed by atoms with Crippen molar-refractivity contribution in [2.75, 3.05) is 59.9 Å². The van der Waals surface area contributed by atoms with Gasteiger partial charge in [0, 0.05) is 78.8 Å². The SMILES string of the molecule is CC[C@H](C)[C@@H]([C@@H](CC(=O)N1CCC[C@H]1[C@H](OC)[C@@H](C)C(=O)NC(Cc1ccccc1)C(=O)O)OC)N(C)C(=O)[C@H](CC(C)C)NC(=O)[C@H](C(C)C)N(C)CCc1ccc(N(C)C(=O)CCCCCN2C(=O)CC(C)C2=O)cc1. The van der Waals surface area contributed by atoms with Gasteiger partial charge >= 0.3 is 5.97 Å². The third kappa shape index (κ3) is 17.9. The standard InChI is InChI=1S/C60H93N7O11/c1-14-40(6)54(49(77-12)37-52(70)66-32-21-24-48(66)55(78-13)42(8)56(71)62-47(60(75)76)36-44-22-17-15-18-23-44)65(11)59(74)46(34-38(2)3)61-57(72)53(39(4)5)63(9)33-30-43-26-28-45(29-27-43)64(10)50(68)25-19-16-20-31-67-51(69)35-41(7)58(67)73/h15,17-18,22-23,26-29,38-42,46-49,53-55H,14,16,19-21,24-25,30-37H2,1-13H3,(H,61,72)(H,62,71)(H,75,76)/t40-,41?,42+,46-,47?,48-,49+,53-,54-,55+/m0/s1. The number of amides is 7. The fourth-order valence-corrected chi connectivity index (χ4v) is 11.3. The van der Waals surface area contributed by atoms with Crippen molar-refractivity contribution in [2.45, 2.75) is 175 Å². The van der Waals surface area contributed by atoms with Crippen LogP contribution in [0.2, 0.25) is 0 Å². The zero-order valence-electron chi connectivity index (χ0n) is 49.0. The molecular weight excluding hydrogens is 995 g/mol. The number of nitrogens with zero attached hydrogens (tertiary/aromatic N) is 5. The van der Waals surface area contributed by atoms with Gasteiger partial charge in [-0.1, -0.05) is 111 Å². The van der Waals surface area contributed by atoms with Gasteiger partial charge in [-0.2, -0.15) is 0 Å². The molecule has 0 spiro atoms. The summed E-state index contributed by atoms with van der Waals surface area (Å²) in [7, 11) is 8.41. The van der Waals surface area contributed by atoms with E-state index in [1.807, 2.05) is 108 Å². The maximum atomic E-state index is 14.8. The summed E-state index contributed by atoms with van der Waals surface area (Å²) in [5.41, 5.74) is 2.57. The van der Waals surface area contributed by atoms with Crippen LogP contribution in [0.1, 0.15) is 131 Å². The Bertz CT molecular complexity index is 2300. The highest BCUT2D eigenvalue weighted by Gasteiger charge is 2.44. The molecule has 2 aliphatic rings. The molecule has 2 aliphatic heterocycles. The number of methoxy groups -OCH3 is 2. The predicted octanol–water partition coefficient (Wildman–Crippen LogP) is 6.37. The smallest absolute Gasteiger partial charge is 0.326 e. The molecule has 2 fully saturated rings. The van der Waals surface area contributed by atoms with E-state index in [4.69, 9.17) is 9.47 Å². The van der Waals surface area contributed by atoms with E-state index >= 15 is 0 Å². The third-order valence-corrected chi connectivity index (χ3v) is 16.0. The number of ether oxygens (including phenoxy) is 2. The summed E-state index contributed by atoms with van der Waals surface area (Å²) < 4.78 is 12.0. The van der Waals surface area contributed by atoms with E-state index in [0.29, 0.717) is 71.0 Å². The van der Waals surface area contributed by atoms with Gasteiger partial charge in [-0.05, 0) is 86.6 Å². The summed E-state index contributed by atoms with van der Waals surface area (Å²) >= 11 is 0. The Labute approximate surface area is 464 Å². The summed E-state index contributed by atoms with van der Waals surface area (Å²) in [6.45, 7) is 16.9. The number of unbranched alkanes of at least 4 members (excludes halogenated alkanes) is 2. The first kappa shape index (κ1) is 64.8. The van der Waals surface area contributed by atoms with Crippen LogP contribution in [0.15, 0.2) is 54.6 Å². The number of carbonyl (C=O) groups excluding carboxylic acids is 7. The molecule has 2 unspecified atom stereocenters. The van der Waals surface area contributed by atoms with Gasteiger partial charge in [-0.25, -0.2) is 4.79 Å². The molecule has 2 aromatic carbocycles. The Balaban J connectivity index is 1.38. The predicted molar refractivity (Wildman–Crippen MR) is 301 cm³/mol.